The van der Waals surface area contributed by atoms with E-state index in [9.17, 15) is 8.78 Å². The van der Waals surface area contributed by atoms with Crippen molar-refractivity contribution in [3.63, 3.8) is 0 Å². The number of benzene rings is 1. The second-order valence-electron chi connectivity index (χ2n) is 3.66. The number of rotatable bonds is 4. The van der Waals surface area contributed by atoms with Crippen LogP contribution in [0.15, 0.2) is 36.5 Å². The van der Waals surface area contributed by atoms with Gasteiger partial charge in [-0.3, -0.25) is 4.98 Å². The molecule has 1 heterocycles. The summed E-state index contributed by atoms with van der Waals surface area (Å²) in [5.74, 6) is 0. The Balaban J connectivity index is 2.19. The fourth-order valence-electron chi connectivity index (χ4n) is 1.55. The van der Waals surface area contributed by atoms with Gasteiger partial charge in [-0.05, 0) is 12.1 Å². The van der Waals surface area contributed by atoms with Crippen LogP contribution in [0.1, 0.15) is 0 Å². The molecular weight excluding hydrogens is 226 g/mol. The lowest BCUT2D eigenvalue weighted by Crippen LogP contribution is -2.26. The van der Waals surface area contributed by atoms with Gasteiger partial charge in [-0.15, -0.1) is 0 Å². The number of fused-ring (bicyclic) bond motifs is 1. The van der Waals surface area contributed by atoms with Crippen molar-refractivity contribution < 1.29 is 13.9 Å². The molecule has 0 saturated carbocycles. The Morgan fingerprint density at radius 3 is 2.76 bits per heavy atom. The molecular formula is C12H12F2N2O. The summed E-state index contributed by atoms with van der Waals surface area (Å²) in [6.07, 6.45) is -2.81. The van der Waals surface area contributed by atoms with Crippen molar-refractivity contribution >= 4 is 16.6 Å². The maximum absolute atomic E-state index is 12.1. The zero-order valence-corrected chi connectivity index (χ0v) is 8.98. The zero-order chi connectivity index (χ0) is 12.3. The fraction of sp³-hybridized carbons (Fsp3) is 0.250. The van der Waals surface area contributed by atoms with E-state index in [1.165, 1.54) is 0 Å². The molecule has 17 heavy (non-hydrogen) atoms. The summed E-state index contributed by atoms with van der Waals surface area (Å²) >= 11 is 0. The van der Waals surface area contributed by atoms with E-state index in [1.807, 2.05) is 24.3 Å². The Morgan fingerprint density at radius 1 is 1.24 bits per heavy atom. The summed E-state index contributed by atoms with van der Waals surface area (Å²) in [6.45, 7) is -0.189. The predicted octanol–water partition coefficient (Wildman–Crippen LogP) is 2.27. The normalized spacial score (nSPS) is 12.9. The molecule has 0 spiro atoms. The highest BCUT2D eigenvalue weighted by Crippen LogP contribution is 2.20. The number of aliphatic hydroxyl groups excluding tert-OH is 1. The Morgan fingerprint density at radius 2 is 2.00 bits per heavy atom. The number of aromatic nitrogens is 1. The van der Waals surface area contributed by atoms with Crippen molar-refractivity contribution in [3.8, 4) is 0 Å². The zero-order valence-electron chi connectivity index (χ0n) is 8.98. The third kappa shape index (κ3) is 2.68. The van der Waals surface area contributed by atoms with E-state index in [4.69, 9.17) is 5.11 Å². The molecule has 0 amide bonds. The van der Waals surface area contributed by atoms with Crippen LogP contribution in [0.3, 0.4) is 0 Å². The molecule has 0 bridgehead atoms. The van der Waals surface area contributed by atoms with Gasteiger partial charge in [-0.1, -0.05) is 18.2 Å². The number of pyridine rings is 1. The summed E-state index contributed by atoms with van der Waals surface area (Å²) in [7, 11) is 0. The molecule has 1 aromatic heterocycles. The van der Waals surface area contributed by atoms with Crippen molar-refractivity contribution in [2.75, 3.05) is 11.9 Å². The lowest BCUT2D eigenvalue weighted by molar-refractivity contribution is 0.00386. The minimum absolute atomic E-state index is 0.189. The van der Waals surface area contributed by atoms with E-state index in [2.05, 4.69) is 10.3 Å². The maximum Gasteiger partial charge on any atom is 0.265 e. The highest BCUT2D eigenvalue weighted by Gasteiger charge is 2.16. The molecule has 2 rings (SSSR count). The van der Waals surface area contributed by atoms with E-state index >= 15 is 0 Å². The summed E-state index contributed by atoms with van der Waals surface area (Å²) < 4.78 is 24.3. The molecule has 0 saturated heterocycles. The number of alkyl halides is 2. The van der Waals surface area contributed by atoms with Crippen LogP contribution in [-0.2, 0) is 0 Å². The first-order valence-electron chi connectivity index (χ1n) is 5.22. The van der Waals surface area contributed by atoms with Crippen molar-refractivity contribution in [2.24, 2.45) is 0 Å². The summed E-state index contributed by atoms with van der Waals surface area (Å²) in [5, 5.41) is 12.7. The topological polar surface area (TPSA) is 45.1 Å². The third-order valence-corrected chi connectivity index (χ3v) is 2.44. The standard InChI is InChI=1S/C12H12F2N2O/c13-12(14)11(17)7-16-10-5-6-15-9-4-2-1-3-8(9)10/h1-6,11-12,17H,7H2,(H,15,16). The number of para-hydroxylation sites is 1. The molecule has 0 aliphatic rings. The number of aliphatic hydroxyl groups is 1. The first kappa shape index (κ1) is 11.7. The number of hydrogen-bond acceptors (Lipinski definition) is 3. The Hall–Kier alpha value is -1.75. The molecule has 1 unspecified atom stereocenters. The molecule has 1 atom stereocenters. The lowest BCUT2D eigenvalue weighted by Gasteiger charge is -2.13. The highest BCUT2D eigenvalue weighted by atomic mass is 19.3. The molecule has 0 aliphatic heterocycles. The Labute approximate surface area is 97.1 Å². The van der Waals surface area contributed by atoms with E-state index in [0.29, 0.717) is 5.69 Å². The maximum atomic E-state index is 12.1. The summed E-state index contributed by atoms with van der Waals surface area (Å²) in [5.41, 5.74) is 1.47. The SMILES string of the molecule is OC(CNc1ccnc2ccccc12)C(F)F. The average molecular weight is 238 g/mol. The van der Waals surface area contributed by atoms with Gasteiger partial charge in [-0.2, -0.15) is 0 Å². The van der Waals surface area contributed by atoms with Crippen LogP contribution >= 0.6 is 0 Å². The largest absolute Gasteiger partial charge is 0.385 e. The van der Waals surface area contributed by atoms with Crippen LogP contribution in [0.5, 0.6) is 0 Å². The molecule has 2 aromatic rings. The van der Waals surface area contributed by atoms with E-state index in [0.717, 1.165) is 10.9 Å². The fourth-order valence-corrected chi connectivity index (χ4v) is 1.55. The second-order valence-corrected chi connectivity index (χ2v) is 3.66. The van der Waals surface area contributed by atoms with Gasteiger partial charge < -0.3 is 10.4 Å². The van der Waals surface area contributed by atoms with Crippen LogP contribution in [0.4, 0.5) is 14.5 Å². The molecule has 0 aliphatic carbocycles. The number of hydrogen-bond donors (Lipinski definition) is 2. The van der Waals surface area contributed by atoms with Crippen LogP contribution in [-0.4, -0.2) is 29.2 Å². The molecule has 1 aromatic carbocycles. The molecule has 0 fully saturated rings. The number of anilines is 1. The first-order chi connectivity index (χ1) is 8.18. The summed E-state index contributed by atoms with van der Waals surface area (Å²) in [4.78, 5) is 4.15. The smallest absolute Gasteiger partial charge is 0.265 e. The van der Waals surface area contributed by atoms with Gasteiger partial charge in [-0.25, -0.2) is 8.78 Å². The van der Waals surface area contributed by atoms with Crippen LogP contribution in [0.2, 0.25) is 0 Å². The van der Waals surface area contributed by atoms with Crippen LogP contribution < -0.4 is 5.32 Å². The van der Waals surface area contributed by atoms with E-state index < -0.39 is 12.5 Å². The minimum Gasteiger partial charge on any atom is -0.385 e. The van der Waals surface area contributed by atoms with E-state index in [-0.39, 0.29) is 6.54 Å². The number of nitrogens with zero attached hydrogens (tertiary/aromatic N) is 1. The van der Waals surface area contributed by atoms with Crippen molar-refractivity contribution in [1.29, 1.82) is 0 Å². The first-order valence-corrected chi connectivity index (χ1v) is 5.22. The van der Waals surface area contributed by atoms with Gasteiger partial charge in [0.1, 0.15) is 6.10 Å². The Bertz CT molecular complexity index is 499. The molecule has 5 heteroatoms. The third-order valence-electron chi connectivity index (χ3n) is 2.44. The van der Waals surface area contributed by atoms with Crippen LogP contribution in [0, 0.1) is 0 Å². The molecule has 3 nitrogen and oxygen atoms in total. The van der Waals surface area contributed by atoms with Gasteiger partial charge in [0.05, 0.1) is 5.52 Å². The molecule has 0 radical (unpaired) electrons. The van der Waals surface area contributed by atoms with Gasteiger partial charge >= 0.3 is 0 Å². The van der Waals surface area contributed by atoms with Gasteiger partial charge in [0, 0.05) is 23.8 Å². The highest BCUT2D eigenvalue weighted by molar-refractivity contribution is 5.90. The van der Waals surface area contributed by atoms with Crippen molar-refractivity contribution in [2.45, 2.75) is 12.5 Å². The molecule has 90 valence electrons. The van der Waals surface area contributed by atoms with Crippen molar-refractivity contribution in [3.05, 3.63) is 36.5 Å². The summed E-state index contributed by atoms with van der Waals surface area (Å²) in [6, 6.07) is 9.08. The van der Waals surface area contributed by atoms with Crippen LogP contribution in [0.25, 0.3) is 10.9 Å². The predicted molar refractivity (Wildman–Crippen MR) is 62.2 cm³/mol. The van der Waals surface area contributed by atoms with Gasteiger partial charge in [0.2, 0.25) is 0 Å². The lowest BCUT2D eigenvalue weighted by atomic mass is 10.2. The number of halogens is 2. The number of nitrogens with one attached hydrogen (secondary N) is 1. The average Bonchev–Trinajstić information content (AvgIpc) is 2.35. The quantitative estimate of drug-likeness (QED) is 0.858. The van der Waals surface area contributed by atoms with Gasteiger partial charge in [0.25, 0.3) is 6.43 Å². The molecule has 2 N–H and O–H groups in total. The Kier molecular flexibility index (Phi) is 3.49. The second kappa shape index (κ2) is 5.05. The minimum atomic E-state index is -2.74. The van der Waals surface area contributed by atoms with Crippen molar-refractivity contribution in [1.82, 2.24) is 4.98 Å². The van der Waals surface area contributed by atoms with Gasteiger partial charge in [0.15, 0.2) is 0 Å². The monoisotopic (exact) mass is 238 g/mol. The van der Waals surface area contributed by atoms with E-state index in [1.54, 1.807) is 12.3 Å².